The van der Waals surface area contributed by atoms with Crippen molar-refractivity contribution >= 4 is 5.91 Å². The highest BCUT2D eigenvalue weighted by Crippen LogP contribution is 2.20. The van der Waals surface area contributed by atoms with Gasteiger partial charge >= 0.3 is 0 Å². The number of hydrogen-bond acceptors (Lipinski definition) is 4. The minimum Gasteiger partial charge on any atom is -0.508 e. The molecule has 1 aliphatic rings. The second-order valence-electron chi connectivity index (χ2n) is 6.94. The Balaban J connectivity index is 1.49. The number of nitrogens with two attached hydrogens (primary N) is 1. The van der Waals surface area contributed by atoms with E-state index in [1.807, 2.05) is 36.1 Å². The van der Waals surface area contributed by atoms with Crippen molar-refractivity contribution in [3.63, 3.8) is 0 Å². The Bertz CT molecular complexity index is 737. The van der Waals surface area contributed by atoms with E-state index in [4.69, 9.17) is 10.5 Å². The van der Waals surface area contributed by atoms with Crippen molar-refractivity contribution in [1.29, 1.82) is 0 Å². The first-order valence-electron chi connectivity index (χ1n) is 9.07. The summed E-state index contributed by atoms with van der Waals surface area (Å²) in [6.07, 6.45) is 2.23. The number of benzene rings is 2. The third kappa shape index (κ3) is 4.76. The predicted molar refractivity (Wildman–Crippen MR) is 101 cm³/mol. The largest absolute Gasteiger partial charge is 0.508 e. The maximum Gasteiger partial charge on any atom is 0.239 e. The Morgan fingerprint density at radius 2 is 1.92 bits per heavy atom. The number of nitrogens with zero attached hydrogens (tertiary/aromatic N) is 1. The van der Waals surface area contributed by atoms with Crippen LogP contribution in [-0.2, 0) is 11.2 Å². The van der Waals surface area contributed by atoms with Gasteiger partial charge in [-0.2, -0.15) is 0 Å². The quantitative estimate of drug-likeness (QED) is 0.865. The third-order valence-electron chi connectivity index (χ3n) is 4.76. The Morgan fingerprint density at radius 3 is 2.58 bits per heavy atom. The fourth-order valence-electron chi connectivity index (χ4n) is 3.28. The molecule has 1 fully saturated rings. The van der Waals surface area contributed by atoms with Crippen LogP contribution < -0.4 is 10.5 Å². The second-order valence-corrected chi connectivity index (χ2v) is 6.94. The van der Waals surface area contributed by atoms with Crippen LogP contribution in [0.15, 0.2) is 48.5 Å². The lowest BCUT2D eigenvalue weighted by Crippen LogP contribution is -2.49. The van der Waals surface area contributed by atoms with Crippen molar-refractivity contribution in [2.45, 2.75) is 38.3 Å². The normalized spacial score (nSPS) is 16.3. The van der Waals surface area contributed by atoms with Gasteiger partial charge in [0.2, 0.25) is 5.91 Å². The molecule has 0 aromatic heterocycles. The number of phenolic OH excluding ortho intramolecular Hbond substituents is 1. The molecule has 0 unspecified atom stereocenters. The number of phenols is 1. The molecule has 0 bridgehead atoms. The summed E-state index contributed by atoms with van der Waals surface area (Å²) in [5, 5.41) is 9.33. The lowest BCUT2D eigenvalue weighted by molar-refractivity contribution is -0.134. The summed E-state index contributed by atoms with van der Waals surface area (Å²) in [6.45, 7) is 3.38. The first kappa shape index (κ1) is 18.3. The van der Waals surface area contributed by atoms with Gasteiger partial charge in [-0.25, -0.2) is 0 Å². The molecular weight excluding hydrogens is 328 g/mol. The molecule has 1 heterocycles. The molecule has 1 aliphatic heterocycles. The van der Waals surface area contributed by atoms with E-state index in [-0.39, 0.29) is 17.8 Å². The Labute approximate surface area is 154 Å². The minimum absolute atomic E-state index is 0.0212. The van der Waals surface area contributed by atoms with Gasteiger partial charge in [0.15, 0.2) is 0 Å². The lowest BCUT2D eigenvalue weighted by atomic mass is 10.0. The summed E-state index contributed by atoms with van der Waals surface area (Å²) in [5.74, 6) is 1.08. The molecule has 5 nitrogen and oxygen atoms in total. The van der Waals surface area contributed by atoms with Crippen LogP contribution in [0.25, 0.3) is 0 Å². The second kappa shape index (κ2) is 8.23. The molecule has 5 heteroatoms. The number of piperidine rings is 1. The first-order chi connectivity index (χ1) is 12.5. The monoisotopic (exact) mass is 354 g/mol. The number of carbonyl (C=O) groups excluding carboxylic acids is 1. The van der Waals surface area contributed by atoms with Crippen molar-refractivity contribution in [1.82, 2.24) is 4.90 Å². The molecule has 3 rings (SSSR count). The molecule has 1 saturated heterocycles. The predicted octanol–water partition coefficient (Wildman–Crippen LogP) is 2.64. The van der Waals surface area contributed by atoms with E-state index in [0.29, 0.717) is 19.5 Å². The SMILES string of the molecule is Cc1cccc(OC2CCN(C(=O)[C@@H](N)Cc3ccc(O)cc3)CC2)c1. The van der Waals surface area contributed by atoms with Gasteiger partial charge < -0.3 is 20.5 Å². The summed E-state index contributed by atoms with van der Waals surface area (Å²) in [7, 11) is 0. The Kier molecular flexibility index (Phi) is 5.78. The summed E-state index contributed by atoms with van der Waals surface area (Å²) in [6, 6.07) is 14.3. The first-order valence-corrected chi connectivity index (χ1v) is 9.07. The van der Waals surface area contributed by atoms with Crippen LogP contribution in [0.3, 0.4) is 0 Å². The van der Waals surface area contributed by atoms with Crippen LogP contribution in [0.5, 0.6) is 11.5 Å². The molecule has 3 N–H and O–H groups in total. The highest BCUT2D eigenvalue weighted by molar-refractivity contribution is 5.82. The number of rotatable bonds is 5. The maximum absolute atomic E-state index is 12.6. The van der Waals surface area contributed by atoms with Gasteiger partial charge in [-0.1, -0.05) is 24.3 Å². The van der Waals surface area contributed by atoms with Crippen LogP contribution in [0.2, 0.25) is 0 Å². The minimum atomic E-state index is -0.561. The zero-order chi connectivity index (χ0) is 18.5. The summed E-state index contributed by atoms with van der Waals surface area (Å²) in [5.41, 5.74) is 8.23. The summed E-state index contributed by atoms with van der Waals surface area (Å²) < 4.78 is 6.04. The Hall–Kier alpha value is -2.53. The number of likely N-dealkylation sites (tertiary alicyclic amines) is 1. The molecule has 26 heavy (non-hydrogen) atoms. The molecule has 1 atom stereocenters. The molecule has 0 radical (unpaired) electrons. The molecular formula is C21H26N2O3. The fourth-order valence-corrected chi connectivity index (χ4v) is 3.28. The number of aromatic hydroxyl groups is 1. The van der Waals surface area contributed by atoms with E-state index < -0.39 is 6.04 Å². The molecule has 2 aromatic carbocycles. The van der Waals surface area contributed by atoms with Crippen LogP contribution in [0, 0.1) is 6.92 Å². The lowest BCUT2D eigenvalue weighted by Gasteiger charge is -2.33. The third-order valence-corrected chi connectivity index (χ3v) is 4.76. The summed E-state index contributed by atoms with van der Waals surface area (Å²) >= 11 is 0. The van der Waals surface area contributed by atoms with E-state index in [2.05, 4.69) is 0 Å². The molecule has 2 aromatic rings. The highest BCUT2D eigenvalue weighted by Gasteiger charge is 2.27. The van der Waals surface area contributed by atoms with Crippen molar-refractivity contribution in [3.05, 3.63) is 59.7 Å². The van der Waals surface area contributed by atoms with Crippen molar-refractivity contribution in [2.75, 3.05) is 13.1 Å². The van der Waals surface area contributed by atoms with Crippen molar-refractivity contribution in [3.8, 4) is 11.5 Å². The molecule has 0 aliphatic carbocycles. The van der Waals surface area contributed by atoms with Crippen LogP contribution in [0.4, 0.5) is 0 Å². The van der Waals surface area contributed by atoms with Crippen molar-refractivity contribution < 1.29 is 14.6 Å². The van der Waals surface area contributed by atoms with Crippen molar-refractivity contribution in [2.24, 2.45) is 5.73 Å². The number of hydrogen-bond donors (Lipinski definition) is 2. The van der Waals surface area contributed by atoms with Crippen LogP contribution in [0.1, 0.15) is 24.0 Å². The fraction of sp³-hybridized carbons (Fsp3) is 0.381. The van der Waals surface area contributed by atoms with Gasteiger partial charge in [-0.05, 0) is 48.7 Å². The zero-order valence-electron chi connectivity index (χ0n) is 15.1. The number of ether oxygens (including phenoxy) is 1. The molecule has 138 valence electrons. The number of carbonyl (C=O) groups is 1. The van der Waals surface area contributed by atoms with Gasteiger partial charge in [-0.3, -0.25) is 4.79 Å². The average molecular weight is 354 g/mol. The Morgan fingerprint density at radius 1 is 1.23 bits per heavy atom. The van der Waals surface area contributed by atoms with E-state index in [0.717, 1.165) is 24.2 Å². The number of amides is 1. The van der Waals surface area contributed by atoms with Gasteiger partial charge in [0.1, 0.15) is 17.6 Å². The molecule has 1 amide bonds. The smallest absolute Gasteiger partial charge is 0.239 e. The van der Waals surface area contributed by atoms with Gasteiger partial charge in [0, 0.05) is 25.9 Å². The highest BCUT2D eigenvalue weighted by atomic mass is 16.5. The van der Waals surface area contributed by atoms with Gasteiger partial charge in [-0.15, -0.1) is 0 Å². The zero-order valence-corrected chi connectivity index (χ0v) is 15.1. The molecule has 0 spiro atoms. The van der Waals surface area contributed by atoms with Crippen LogP contribution >= 0.6 is 0 Å². The summed E-state index contributed by atoms with van der Waals surface area (Å²) in [4.78, 5) is 14.4. The standard InChI is InChI=1S/C21H26N2O3/c1-15-3-2-4-19(13-15)26-18-9-11-23(12-10-18)21(25)20(22)14-16-5-7-17(24)8-6-16/h2-8,13,18,20,24H,9-12,14,22H2,1H3/t20-/m0/s1. The number of aryl methyl sites for hydroxylation is 1. The van der Waals surface area contributed by atoms with E-state index in [1.165, 1.54) is 5.56 Å². The van der Waals surface area contributed by atoms with Gasteiger partial charge in [0.25, 0.3) is 0 Å². The van der Waals surface area contributed by atoms with E-state index in [9.17, 15) is 9.90 Å². The van der Waals surface area contributed by atoms with Crippen LogP contribution in [-0.4, -0.2) is 41.1 Å². The van der Waals surface area contributed by atoms with E-state index >= 15 is 0 Å². The van der Waals surface area contributed by atoms with E-state index in [1.54, 1.807) is 24.3 Å². The van der Waals surface area contributed by atoms with Gasteiger partial charge in [0.05, 0.1) is 6.04 Å². The molecule has 0 saturated carbocycles. The topological polar surface area (TPSA) is 75.8 Å². The average Bonchev–Trinajstić information content (AvgIpc) is 2.64. The maximum atomic E-state index is 12.6.